The van der Waals surface area contributed by atoms with Gasteiger partial charge < -0.3 is 14.9 Å². The molecule has 158 valence electrons. The zero-order chi connectivity index (χ0) is 20.3. The van der Waals surface area contributed by atoms with E-state index < -0.39 is 12.3 Å². The van der Waals surface area contributed by atoms with Crippen LogP contribution in [0.4, 0.5) is 4.39 Å². The van der Waals surface area contributed by atoms with E-state index in [-0.39, 0.29) is 24.4 Å². The normalized spacial score (nSPS) is 27.5. The Morgan fingerprint density at radius 1 is 1.39 bits per heavy atom. The van der Waals surface area contributed by atoms with Crippen molar-refractivity contribution in [2.45, 2.75) is 57.8 Å². The zero-order valence-electron chi connectivity index (χ0n) is 17.0. The molecule has 0 aliphatic carbocycles. The Bertz CT molecular complexity index is 671. The van der Waals surface area contributed by atoms with Crippen LogP contribution in [-0.2, 0) is 13.0 Å². The number of benzene rings is 1. The van der Waals surface area contributed by atoms with E-state index in [2.05, 4.69) is 18.7 Å². The molecular formula is C22H33ClFNO3. The van der Waals surface area contributed by atoms with Crippen molar-refractivity contribution in [2.24, 2.45) is 11.8 Å². The standard InChI is InChI=1S/C22H33ClFNO3/c1-15(2)8-18-12-25-6-4-16-10-21(28-7-3-5-24)17(13-26)9-19(16)20(25)11-22(18,27)14-23/h9-10,15,18,20,26-27H,3-8,11-14H2,1-2H3/t18-,20-,22?/m1/s1. The van der Waals surface area contributed by atoms with Crippen LogP contribution in [0.1, 0.15) is 55.8 Å². The first-order valence-electron chi connectivity index (χ1n) is 10.4. The first-order chi connectivity index (χ1) is 13.4. The van der Waals surface area contributed by atoms with Crippen LogP contribution in [0.5, 0.6) is 5.75 Å². The van der Waals surface area contributed by atoms with Gasteiger partial charge in [-0.1, -0.05) is 13.8 Å². The molecule has 2 aliphatic rings. The first-order valence-corrected chi connectivity index (χ1v) is 10.9. The lowest BCUT2D eigenvalue weighted by Crippen LogP contribution is -2.56. The highest BCUT2D eigenvalue weighted by Crippen LogP contribution is 2.46. The Labute approximate surface area is 172 Å². The van der Waals surface area contributed by atoms with E-state index in [9.17, 15) is 14.6 Å². The van der Waals surface area contributed by atoms with Gasteiger partial charge in [0, 0.05) is 37.0 Å². The summed E-state index contributed by atoms with van der Waals surface area (Å²) in [6.45, 7) is 5.92. The minimum absolute atomic E-state index is 0.0982. The molecule has 3 rings (SSSR count). The lowest BCUT2D eigenvalue weighted by atomic mass is 9.72. The number of nitrogens with zero attached hydrogens (tertiary/aromatic N) is 1. The molecule has 0 radical (unpaired) electrons. The van der Waals surface area contributed by atoms with E-state index in [0.717, 1.165) is 37.1 Å². The van der Waals surface area contributed by atoms with E-state index in [0.29, 0.717) is 31.1 Å². The van der Waals surface area contributed by atoms with Gasteiger partial charge in [-0.05, 0) is 48.4 Å². The molecule has 4 nitrogen and oxygen atoms in total. The predicted octanol–water partition coefficient (Wildman–Crippen LogP) is 3.85. The van der Waals surface area contributed by atoms with Gasteiger partial charge in [-0.25, -0.2) is 0 Å². The molecule has 2 aliphatic heterocycles. The summed E-state index contributed by atoms with van der Waals surface area (Å²) in [5.41, 5.74) is 2.18. The highest BCUT2D eigenvalue weighted by atomic mass is 35.5. The number of rotatable bonds is 8. The maximum Gasteiger partial charge on any atom is 0.125 e. The number of hydrogen-bond acceptors (Lipinski definition) is 4. The minimum atomic E-state index is -0.878. The van der Waals surface area contributed by atoms with Crippen molar-refractivity contribution < 1.29 is 19.3 Å². The van der Waals surface area contributed by atoms with Crippen LogP contribution in [0.15, 0.2) is 12.1 Å². The second-order valence-corrected chi connectivity index (χ2v) is 9.00. The summed E-state index contributed by atoms with van der Waals surface area (Å²) in [6.07, 6.45) is 2.82. The Hall–Kier alpha value is -0.880. The minimum Gasteiger partial charge on any atom is -0.493 e. The van der Waals surface area contributed by atoms with Crippen LogP contribution in [0.3, 0.4) is 0 Å². The number of fused-ring (bicyclic) bond motifs is 3. The fourth-order valence-corrected chi connectivity index (χ4v) is 5.09. The van der Waals surface area contributed by atoms with Crippen molar-refractivity contribution in [3.8, 4) is 5.75 Å². The quantitative estimate of drug-likeness (QED) is 0.502. The van der Waals surface area contributed by atoms with Crippen molar-refractivity contribution in [1.82, 2.24) is 4.90 Å². The summed E-state index contributed by atoms with van der Waals surface area (Å²) in [5, 5.41) is 21.1. The maximum atomic E-state index is 12.4. The molecule has 3 atom stereocenters. The number of alkyl halides is 2. The molecule has 2 heterocycles. The van der Waals surface area contributed by atoms with Crippen LogP contribution >= 0.6 is 11.6 Å². The summed E-state index contributed by atoms with van der Waals surface area (Å²) in [5.74, 6) is 1.56. The average molecular weight is 414 g/mol. The number of piperidine rings is 1. The van der Waals surface area contributed by atoms with E-state index in [1.54, 1.807) is 0 Å². The summed E-state index contributed by atoms with van der Waals surface area (Å²) in [6, 6.07) is 4.10. The third-order valence-electron chi connectivity index (χ3n) is 6.25. The van der Waals surface area contributed by atoms with E-state index in [4.69, 9.17) is 16.3 Å². The van der Waals surface area contributed by atoms with Gasteiger partial charge in [-0.15, -0.1) is 11.6 Å². The van der Waals surface area contributed by atoms with Crippen molar-refractivity contribution in [2.75, 3.05) is 32.3 Å². The molecule has 1 saturated heterocycles. The molecule has 1 fully saturated rings. The van der Waals surface area contributed by atoms with E-state index >= 15 is 0 Å². The smallest absolute Gasteiger partial charge is 0.125 e. The molecule has 1 aromatic rings. The Morgan fingerprint density at radius 3 is 2.82 bits per heavy atom. The molecule has 0 amide bonds. The zero-order valence-corrected chi connectivity index (χ0v) is 17.7. The second-order valence-electron chi connectivity index (χ2n) is 8.74. The molecule has 0 spiro atoms. The Balaban J connectivity index is 1.88. The third kappa shape index (κ3) is 4.48. The number of hydrogen-bond donors (Lipinski definition) is 2. The average Bonchev–Trinajstić information content (AvgIpc) is 2.68. The lowest BCUT2D eigenvalue weighted by molar-refractivity contribution is -0.0885. The number of aliphatic hydroxyl groups excluding tert-OH is 1. The largest absolute Gasteiger partial charge is 0.493 e. The van der Waals surface area contributed by atoms with Crippen LogP contribution in [0.25, 0.3) is 0 Å². The monoisotopic (exact) mass is 413 g/mol. The van der Waals surface area contributed by atoms with Gasteiger partial charge in [0.15, 0.2) is 0 Å². The fourth-order valence-electron chi connectivity index (χ4n) is 4.76. The molecule has 0 aromatic heterocycles. The van der Waals surface area contributed by atoms with E-state index in [1.165, 1.54) is 5.56 Å². The van der Waals surface area contributed by atoms with Crippen molar-refractivity contribution in [3.05, 3.63) is 28.8 Å². The first kappa shape index (κ1) is 21.8. The molecule has 28 heavy (non-hydrogen) atoms. The van der Waals surface area contributed by atoms with Crippen LogP contribution in [0.2, 0.25) is 0 Å². The van der Waals surface area contributed by atoms with Gasteiger partial charge in [-0.2, -0.15) is 0 Å². The molecule has 1 unspecified atom stereocenters. The second kappa shape index (κ2) is 9.29. The van der Waals surface area contributed by atoms with Crippen LogP contribution in [0, 0.1) is 11.8 Å². The van der Waals surface area contributed by atoms with Crippen molar-refractivity contribution in [3.63, 3.8) is 0 Å². The van der Waals surface area contributed by atoms with Gasteiger partial charge in [0.2, 0.25) is 0 Å². The molecule has 0 bridgehead atoms. The van der Waals surface area contributed by atoms with Gasteiger partial charge in [0.05, 0.1) is 31.4 Å². The SMILES string of the molecule is CC(C)C[C@@H]1CN2CCc3cc(OCCCF)c(CO)cc3[C@H]2CC1(O)CCl. The summed E-state index contributed by atoms with van der Waals surface area (Å²) in [4.78, 5) is 2.46. The van der Waals surface area contributed by atoms with Crippen molar-refractivity contribution in [1.29, 1.82) is 0 Å². The van der Waals surface area contributed by atoms with Gasteiger partial charge in [-0.3, -0.25) is 9.29 Å². The highest BCUT2D eigenvalue weighted by Gasteiger charge is 2.47. The van der Waals surface area contributed by atoms with Crippen LogP contribution < -0.4 is 4.74 Å². The topological polar surface area (TPSA) is 52.9 Å². The number of aliphatic hydroxyl groups is 2. The molecule has 6 heteroatoms. The Morgan fingerprint density at radius 2 is 2.18 bits per heavy atom. The summed E-state index contributed by atoms with van der Waals surface area (Å²) in [7, 11) is 0. The number of ether oxygens (including phenoxy) is 1. The maximum absolute atomic E-state index is 12.4. The summed E-state index contributed by atoms with van der Waals surface area (Å²) >= 11 is 6.25. The lowest BCUT2D eigenvalue weighted by Gasteiger charge is -2.51. The third-order valence-corrected chi connectivity index (χ3v) is 6.71. The predicted molar refractivity (Wildman–Crippen MR) is 110 cm³/mol. The molecule has 0 saturated carbocycles. The molecular weight excluding hydrogens is 381 g/mol. The van der Waals surface area contributed by atoms with E-state index in [1.807, 2.05) is 12.1 Å². The van der Waals surface area contributed by atoms with Gasteiger partial charge in [0.25, 0.3) is 0 Å². The number of halogens is 2. The molecule has 1 aromatic carbocycles. The summed E-state index contributed by atoms with van der Waals surface area (Å²) < 4.78 is 18.1. The molecule has 2 N–H and O–H groups in total. The Kier molecular flexibility index (Phi) is 7.24. The fraction of sp³-hybridized carbons (Fsp3) is 0.727. The van der Waals surface area contributed by atoms with Gasteiger partial charge >= 0.3 is 0 Å². The van der Waals surface area contributed by atoms with Crippen LogP contribution in [-0.4, -0.2) is 53.0 Å². The van der Waals surface area contributed by atoms with Crippen molar-refractivity contribution >= 4 is 11.6 Å². The van der Waals surface area contributed by atoms with Gasteiger partial charge in [0.1, 0.15) is 5.75 Å². The highest BCUT2D eigenvalue weighted by molar-refractivity contribution is 6.18.